The zero-order chi connectivity index (χ0) is 16.9. The number of aromatic amines is 1. The van der Waals surface area contributed by atoms with E-state index in [2.05, 4.69) is 62.5 Å². The number of rotatable bonds is 3. The quantitative estimate of drug-likeness (QED) is 0.660. The zero-order valence-electron chi connectivity index (χ0n) is 15.0. The second-order valence-corrected chi connectivity index (χ2v) is 6.49. The Hall–Kier alpha value is -2.03. The Balaban J connectivity index is 0.00000131. The average Bonchev–Trinajstić information content (AvgIpc) is 3.06. The van der Waals surface area contributed by atoms with Gasteiger partial charge in [0.05, 0.1) is 6.54 Å². The number of piperazine rings is 1. The summed E-state index contributed by atoms with van der Waals surface area (Å²) < 4.78 is 0. The summed E-state index contributed by atoms with van der Waals surface area (Å²) in [4.78, 5) is 9.90. The van der Waals surface area contributed by atoms with E-state index in [0.29, 0.717) is 6.04 Å². The van der Waals surface area contributed by atoms with E-state index in [9.17, 15) is 0 Å². The van der Waals surface area contributed by atoms with Gasteiger partial charge in [-0.1, -0.05) is 30.0 Å². The van der Waals surface area contributed by atoms with Gasteiger partial charge in [-0.2, -0.15) is 0 Å². The number of aromatic nitrogens is 2. The number of hydrogen-bond donors (Lipinski definition) is 2. The number of nitrogens with one attached hydrogen (secondary N) is 2. The van der Waals surface area contributed by atoms with E-state index >= 15 is 0 Å². The maximum Gasteiger partial charge on any atom is 0.0606 e. The van der Waals surface area contributed by atoms with E-state index in [1.807, 2.05) is 18.3 Å². The summed E-state index contributed by atoms with van der Waals surface area (Å²) in [5, 5.41) is 4.98. The molecule has 142 valence electrons. The van der Waals surface area contributed by atoms with Crippen molar-refractivity contribution in [3.8, 4) is 11.8 Å². The molecule has 4 rings (SSSR count). The SMILES string of the molecule is C(#Cc1cccnc1)CN1CCNC(Cc2c[nH]c3ccccc23)C1.Cl.Cl. The predicted molar refractivity (Wildman–Crippen MR) is 116 cm³/mol. The average molecular weight is 403 g/mol. The van der Waals surface area contributed by atoms with Crippen LogP contribution in [0.15, 0.2) is 55.0 Å². The summed E-state index contributed by atoms with van der Waals surface area (Å²) in [6, 6.07) is 12.9. The minimum Gasteiger partial charge on any atom is -0.361 e. The molecule has 0 radical (unpaired) electrons. The molecule has 27 heavy (non-hydrogen) atoms. The van der Waals surface area contributed by atoms with Crippen molar-refractivity contribution in [2.24, 2.45) is 0 Å². The lowest BCUT2D eigenvalue weighted by Gasteiger charge is -2.32. The molecule has 3 aromatic rings. The van der Waals surface area contributed by atoms with Crippen molar-refractivity contribution in [3.05, 3.63) is 66.1 Å². The number of pyridine rings is 1. The van der Waals surface area contributed by atoms with Crippen LogP contribution in [0.5, 0.6) is 0 Å². The lowest BCUT2D eigenvalue weighted by atomic mass is 10.0. The fourth-order valence-electron chi connectivity index (χ4n) is 3.43. The largest absolute Gasteiger partial charge is 0.361 e. The molecule has 1 saturated heterocycles. The van der Waals surface area contributed by atoms with Gasteiger partial charge in [-0.25, -0.2) is 0 Å². The smallest absolute Gasteiger partial charge is 0.0606 e. The summed E-state index contributed by atoms with van der Waals surface area (Å²) in [6.07, 6.45) is 6.77. The van der Waals surface area contributed by atoms with Gasteiger partial charge >= 0.3 is 0 Å². The van der Waals surface area contributed by atoms with Gasteiger partial charge in [0.1, 0.15) is 0 Å². The van der Waals surface area contributed by atoms with Crippen LogP contribution in [0.3, 0.4) is 0 Å². The van der Waals surface area contributed by atoms with E-state index in [1.54, 1.807) is 6.20 Å². The third kappa shape index (κ3) is 5.47. The fourth-order valence-corrected chi connectivity index (χ4v) is 3.43. The number of H-pyrrole nitrogens is 1. The molecule has 0 amide bonds. The van der Waals surface area contributed by atoms with Crippen molar-refractivity contribution in [2.75, 3.05) is 26.2 Å². The molecule has 0 bridgehead atoms. The maximum atomic E-state index is 4.10. The molecule has 1 fully saturated rings. The van der Waals surface area contributed by atoms with Crippen LogP contribution in [0.1, 0.15) is 11.1 Å². The van der Waals surface area contributed by atoms with Crippen LogP contribution >= 0.6 is 24.8 Å². The van der Waals surface area contributed by atoms with Crippen LogP contribution in [0.2, 0.25) is 0 Å². The van der Waals surface area contributed by atoms with Crippen molar-refractivity contribution < 1.29 is 0 Å². The number of halogens is 2. The van der Waals surface area contributed by atoms with Crippen LogP contribution in [0, 0.1) is 11.8 Å². The van der Waals surface area contributed by atoms with Gasteiger partial charge in [-0.15, -0.1) is 24.8 Å². The van der Waals surface area contributed by atoms with Gasteiger partial charge in [0.2, 0.25) is 0 Å². The van der Waals surface area contributed by atoms with E-state index in [0.717, 1.165) is 38.2 Å². The summed E-state index contributed by atoms with van der Waals surface area (Å²) in [6.45, 7) is 3.90. The molecule has 1 aromatic carbocycles. The Morgan fingerprint density at radius 3 is 2.89 bits per heavy atom. The second kappa shape index (κ2) is 10.3. The highest BCUT2D eigenvalue weighted by Gasteiger charge is 2.19. The molecule has 2 aromatic heterocycles. The molecule has 1 aliphatic rings. The standard InChI is InChI=1S/C21H22N4.2ClH/c1-2-8-21-20(7-1)18(15-24-21)13-19-16-25(12-10-23-19)11-4-6-17-5-3-9-22-14-17;;/h1-3,5,7-9,14-15,19,23-24H,10-13,16H2;2*1H. The number of nitrogens with zero attached hydrogens (tertiary/aromatic N) is 2. The highest BCUT2D eigenvalue weighted by molar-refractivity contribution is 5.85. The topological polar surface area (TPSA) is 44.0 Å². The fraction of sp³-hybridized carbons (Fsp3) is 0.286. The third-order valence-corrected chi connectivity index (χ3v) is 4.68. The summed E-state index contributed by atoms with van der Waals surface area (Å²) in [5.41, 5.74) is 3.58. The van der Waals surface area contributed by atoms with Gasteiger partial charge in [0.25, 0.3) is 0 Å². The second-order valence-electron chi connectivity index (χ2n) is 6.49. The lowest BCUT2D eigenvalue weighted by Crippen LogP contribution is -2.51. The molecule has 1 unspecified atom stereocenters. The number of hydrogen-bond acceptors (Lipinski definition) is 3. The van der Waals surface area contributed by atoms with E-state index in [1.165, 1.54) is 16.5 Å². The van der Waals surface area contributed by atoms with Crippen molar-refractivity contribution in [3.63, 3.8) is 0 Å². The van der Waals surface area contributed by atoms with Gasteiger partial charge in [-0.3, -0.25) is 9.88 Å². The molecule has 6 heteroatoms. The predicted octanol–water partition coefficient (Wildman–Crippen LogP) is 3.27. The number of benzene rings is 1. The van der Waals surface area contributed by atoms with Crippen LogP contribution in [0.25, 0.3) is 10.9 Å². The van der Waals surface area contributed by atoms with Crippen LogP contribution in [-0.4, -0.2) is 47.1 Å². The minimum absolute atomic E-state index is 0. The Kier molecular flexibility index (Phi) is 8.15. The molecule has 3 heterocycles. The zero-order valence-corrected chi connectivity index (χ0v) is 16.7. The molecular weight excluding hydrogens is 379 g/mol. The molecule has 0 spiro atoms. The highest BCUT2D eigenvalue weighted by atomic mass is 35.5. The van der Waals surface area contributed by atoms with Crippen LogP contribution < -0.4 is 5.32 Å². The Morgan fingerprint density at radius 1 is 1.15 bits per heavy atom. The van der Waals surface area contributed by atoms with Gasteiger partial charge in [0, 0.05) is 60.7 Å². The first-order valence-corrected chi connectivity index (χ1v) is 8.78. The van der Waals surface area contributed by atoms with Crippen molar-refractivity contribution in [2.45, 2.75) is 12.5 Å². The van der Waals surface area contributed by atoms with Gasteiger partial charge in [-0.05, 0) is 30.2 Å². The minimum atomic E-state index is 0. The molecule has 0 saturated carbocycles. The third-order valence-electron chi connectivity index (χ3n) is 4.68. The number of fused-ring (bicyclic) bond motifs is 1. The molecule has 0 aliphatic carbocycles. The number of para-hydroxylation sites is 1. The van der Waals surface area contributed by atoms with Crippen molar-refractivity contribution in [1.82, 2.24) is 20.2 Å². The molecular formula is C21H24Cl2N4. The Morgan fingerprint density at radius 2 is 2.04 bits per heavy atom. The normalized spacial score (nSPS) is 16.7. The summed E-state index contributed by atoms with van der Waals surface area (Å²) in [5.74, 6) is 6.48. The molecule has 4 nitrogen and oxygen atoms in total. The van der Waals surface area contributed by atoms with E-state index in [4.69, 9.17) is 0 Å². The monoisotopic (exact) mass is 402 g/mol. The summed E-state index contributed by atoms with van der Waals surface area (Å²) >= 11 is 0. The van der Waals surface area contributed by atoms with Gasteiger partial charge in [0.15, 0.2) is 0 Å². The van der Waals surface area contributed by atoms with Crippen molar-refractivity contribution >= 4 is 35.7 Å². The van der Waals surface area contributed by atoms with E-state index in [-0.39, 0.29) is 24.8 Å². The van der Waals surface area contributed by atoms with Gasteiger partial charge < -0.3 is 10.3 Å². The summed E-state index contributed by atoms with van der Waals surface area (Å²) in [7, 11) is 0. The molecule has 1 atom stereocenters. The first-order chi connectivity index (χ1) is 12.4. The first-order valence-electron chi connectivity index (χ1n) is 8.78. The van der Waals surface area contributed by atoms with Crippen LogP contribution in [0.4, 0.5) is 0 Å². The Labute approximate surface area is 172 Å². The van der Waals surface area contributed by atoms with Crippen molar-refractivity contribution in [1.29, 1.82) is 0 Å². The van der Waals surface area contributed by atoms with Crippen LogP contribution in [-0.2, 0) is 6.42 Å². The lowest BCUT2D eigenvalue weighted by molar-refractivity contribution is 0.220. The molecule has 1 aliphatic heterocycles. The first kappa shape index (κ1) is 21.3. The molecule has 2 N–H and O–H groups in total. The van der Waals surface area contributed by atoms with E-state index < -0.39 is 0 Å². The Bertz CT molecular complexity index is 898. The maximum absolute atomic E-state index is 4.10. The highest BCUT2D eigenvalue weighted by Crippen LogP contribution is 2.19.